The second-order valence-electron chi connectivity index (χ2n) is 4.72. The first-order chi connectivity index (χ1) is 7.88. The lowest BCUT2D eigenvalue weighted by Gasteiger charge is -2.14. The van der Waals surface area contributed by atoms with Crippen LogP contribution in [0.15, 0.2) is 12.4 Å². The molecule has 0 aliphatic heterocycles. The minimum Gasteiger partial charge on any atom is -0.285 e. The molecule has 2 nitrogen and oxygen atoms in total. The summed E-state index contributed by atoms with van der Waals surface area (Å²) in [7, 11) is 0. The summed E-state index contributed by atoms with van der Waals surface area (Å²) in [6.07, 6.45) is 14.8. The first-order valence-electron chi connectivity index (χ1n) is 6.87. The van der Waals surface area contributed by atoms with Gasteiger partial charge >= 0.3 is 0 Å². The van der Waals surface area contributed by atoms with Gasteiger partial charge in [0.2, 0.25) is 0 Å². The summed E-state index contributed by atoms with van der Waals surface area (Å²) in [4.78, 5) is 0. The van der Waals surface area contributed by atoms with Crippen LogP contribution in [0.3, 0.4) is 0 Å². The third-order valence-corrected chi connectivity index (χ3v) is 3.30. The van der Waals surface area contributed by atoms with Crippen molar-refractivity contribution in [2.75, 3.05) is 0 Å². The average Bonchev–Trinajstić information content (AvgIpc) is 2.82. The van der Waals surface area contributed by atoms with E-state index in [4.69, 9.17) is 0 Å². The summed E-state index contributed by atoms with van der Waals surface area (Å²) in [6.45, 7) is 4.54. The second kappa shape index (κ2) is 8.37. The summed E-state index contributed by atoms with van der Waals surface area (Å²) < 4.78 is 0. The number of hydrogen-bond acceptors (Lipinski definition) is 1. The van der Waals surface area contributed by atoms with Gasteiger partial charge in [-0.1, -0.05) is 52.4 Å². The molecule has 1 heterocycles. The number of aromatic amines is 1. The highest BCUT2D eigenvalue weighted by molar-refractivity contribution is 5.09. The lowest BCUT2D eigenvalue weighted by atomic mass is 9.90. The minimum absolute atomic E-state index is 0.732. The Morgan fingerprint density at radius 2 is 1.81 bits per heavy atom. The number of unbranched alkanes of at least 4 members (excludes halogenated alkanes) is 4. The highest BCUT2D eigenvalue weighted by Gasteiger charge is 2.11. The van der Waals surface area contributed by atoms with Crippen molar-refractivity contribution >= 4 is 0 Å². The molecule has 0 aromatic carbocycles. The van der Waals surface area contributed by atoms with Crippen molar-refractivity contribution in [2.45, 2.75) is 71.1 Å². The Kier molecular flexibility index (Phi) is 6.95. The molecule has 0 saturated heterocycles. The third-order valence-electron chi connectivity index (χ3n) is 3.30. The fourth-order valence-electron chi connectivity index (χ4n) is 2.23. The van der Waals surface area contributed by atoms with E-state index in [1.807, 2.05) is 6.20 Å². The molecule has 1 unspecified atom stereocenters. The lowest BCUT2D eigenvalue weighted by molar-refractivity contribution is 0.509. The molecule has 0 bridgehead atoms. The zero-order valence-electron chi connectivity index (χ0n) is 10.8. The zero-order chi connectivity index (χ0) is 11.6. The second-order valence-corrected chi connectivity index (χ2v) is 4.72. The van der Waals surface area contributed by atoms with Crippen molar-refractivity contribution < 1.29 is 0 Å². The van der Waals surface area contributed by atoms with Crippen LogP contribution in [0.25, 0.3) is 0 Å². The first kappa shape index (κ1) is 13.3. The molecule has 2 heteroatoms. The summed E-state index contributed by atoms with van der Waals surface area (Å²) in [5.41, 5.74) is 1.41. The Labute approximate surface area is 99.8 Å². The summed E-state index contributed by atoms with van der Waals surface area (Å²) in [5, 5.41) is 7.01. The molecule has 1 atom stereocenters. The molecule has 1 aromatic rings. The van der Waals surface area contributed by atoms with Crippen molar-refractivity contribution in [3.8, 4) is 0 Å². The van der Waals surface area contributed by atoms with Gasteiger partial charge < -0.3 is 0 Å². The van der Waals surface area contributed by atoms with Crippen LogP contribution in [0.4, 0.5) is 0 Å². The number of nitrogens with zero attached hydrogens (tertiary/aromatic N) is 1. The predicted molar refractivity (Wildman–Crippen MR) is 69.6 cm³/mol. The fourth-order valence-corrected chi connectivity index (χ4v) is 2.23. The van der Waals surface area contributed by atoms with Crippen LogP contribution in [0.1, 0.15) is 76.7 Å². The Bertz CT molecular complexity index is 241. The Morgan fingerprint density at radius 3 is 2.44 bits per heavy atom. The van der Waals surface area contributed by atoms with Crippen molar-refractivity contribution in [2.24, 2.45) is 0 Å². The van der Waals surface area contributed by atoms with Gasteiger partial charge in [0.15, 0.2) is 0 Å². The maximum Gasteiger partial charge on any atom is 0.0522 e. The highest BCUT2D eigenvalue weighted by Crippen LogP contribution is 2.27. The van der Waals surface area contributed by atoms with Gasteiger partial charge in [-0.3, -0.25) is 5.10 Å². The van der Waals surface area contributed by atoms with Crippen molar-refractivity contribution in [1.82, 2.24) is 10.2 Å². The first-order valence-corrected chi connectivity index (χ1v) is 6.87. The Hall–Kier alpha value is -0.790. The van der Waals surface area contributed by atoms with Gasteiger partial charge in [-0.2, -0.15) is 5.10 Å². The molecule has 1 rings (SSSR count). The maximum absolute atomic E-state index is 4.07. The molecule has 16 heavy (non-hydrogen) atoms. The maximum atomic E-state index is 4.07. The molecular weight excluding hydrogens is 196 g/mol. The van der Waals surface area contributed by atoms with E-state index in [0.717, 1.165) is 5.92 Å². The van der Waals surface area contributed by atoms with Crippen LogP contribution in [0, 0.1) is 0 Å². The van der Waals surface area contributed by atoms with Gasteiger partial charge in [-0.15, -0.1) is 0 Å². The van der Waals surface area contributed by atoms with E-state index in [2.05, 4.69) is 30.2 Å². The van der Waals surface area contributed by atoms with Crippen LogP contribution >= 0.6 is 0 Å². The van der Waals surface area contributed by atoms with Crippen LogP contribution in [0.2, 0.25) is 0 Å². The van der Waals surface area contributed by atoms with Gasteiger partial charge in [0.05, 0.1) is 6.20 Å². The van der Waals surface area contributed by atoms with E-state index in [1.54, 1.807) is 0 Å². The topological polar surface area (TPSA) is 28.7 Å². The molecule has 1 N–H and O–H groups in total. The van der Waals surface area contributed by atoms with Gasteiger partial charge in [-0.05, 0) is 24.3 Å². The molecule has 0 spiro atoms. The summed E-state index contributed by atoms with van der Waals surface area (Å²) in [6, 6.07) is 0. The van der Waals surface area contributed by atoms with Crippen LogP contribution in [0.5, 0.6) is 0 Å². The predicted octanol–water partition coefficient (Wildman–Crippen LogP) is 4.65. The zero-order valence-corrected chi connectivity index (χ0v) is 10.8. The average molecular weight is 222 g/mol. The molecule has 0 fully saturated rings. The third kappa shape index (κ3) is 4.82. The van der Waals surface area contributed by atoms with Gasteiger partial charge in [-0.25, -0.2) is 0 Å². The van der Waals surface area contributed by atoms with Gasteiger partial charge in [0.25, 0.3) is 0 Å². The van der Waals surface area contributed by atoms with Crippen molar-refractivity contribution in [3.05, 3.63) is 18.0 Å². The van der Waals surface area contributed by atoms with E-state index in [1.165, 1.54) is 56.9 Å². The SMILES string of the molecule is CCCCCCC(CCCC)c1cn[nH]c1. The van der Waals surface area contributed by atoms with Crippen molar-refractivity contribution in [3.63, 3.8) is 0 Å². The number of aromatic nitrogens is 2. The molecule has 1 aromatic heterocycles. The summed E-state index contributed by atoms with van der Waals surface area (Å²) in [5.74, 6) is 0.732. The van der Waals surface area contributed by atoms with E-state index in [9.17, 15) is 0 Å². The van der Waals surface area contributed by atoms with E-state index in [-0.39, 0.29) is 0 Å². The highest BCUT2D eigenvalue weighted by atomic mass is 15.1. The molecular formula is C14H26N2. The van der Waals surface area contributed by atoms with Gasteiger partial charge in [0.1, 0.15) is 0 Å². The number of nitrogens with one attached hydrogen (secondary N) is 1. The van der Waals surface area contributed by atoms with E-state index in [0.29, 0.717) is 0 Å². The number of H-pyrrole nitrogens is 1. The molecule has 0 aliphatic carbocycles. The largest absolute Gasteiger partial charge is 0.285 e. The van der Waals surface area contributed by atoms with Crippen LogP contribution in [-0.2, 0) is 0 Å². The molecule has 92 valence electrons. The quantitative estimate of drug-likeness (QED) is 0.605. The van der Waals surface area contributed by atoms with Crippen molar-refractivity contribution in [1.29, 1.82) is 0 Å². The molecule has 0 radical (unpaired) electrons. The summed E-state index contributed by atoms with van der Waals surface area (Å²) >= 11 is 0. The Balaban J connectivity index is 2.32. The molecule has 0 amide bonds. The van der Waals surface area contributed by atoms with E-state index >= 15 is 0 Å². The van der Waals surface area contributed by atoms with Gasteiger partial charge in [0, 0.05) is 6.20 Å². The van der Waals surface area contributed by atoms with Crippen LogP contribution < -0.4 is 0 Å². The minimum atomic E-state index is 0.732. The monoisotopic (exact) mass is 222 g/mol. The standard InChI is InChI=1S/C14H26N2/c1-3-5-7-8-10-13(9-6-4-2)14-11-15-16-12-14/h11-13H,3-10H2,1-2H3,(H,15,16). The molecule has 0 saturated carbocycles. The number of hydrogen-bond donors (Lipinski definition) is 1. The van der Waals surface area contributed by atoms with Crippen LogP contribution in [-0.4, -0.2) is 10.2 Å². The number of rotatable bonds is 9. The smallest absolute Gasteiger partial charge is 0.0522 e. The lowest BCUT2D eigenvalue weighted by Crippen LogP contribution is -1.98. The van der Waals surface area contributed by atoms with E-state index < -0.39 is 0 Å². The normalized spacial score (nSPS) is 12.9. The fraction of sp³-hybridized carbons (Fsp3) is 0.786. The Morgan fingerprint density at radius 1 is 1.06 bits per heavy atom. The molecule has 0 aliphatic rings.